The molecule has 2 aromatic carbocycles. The maximum Gasteiger partial charge on any atom is 0.262 e. The Morgan fingerprint density at radius 1 is 1.09 bits per heavy atom. The lowest BCUT2D eigenvalue weighted by molar-refractivity contribution is 0.417. The second-order valence-electron chi connectivity index (χ2n) is 8.18. The van der Waals surface area contributed by atoms with Crippen molar-refractivity contribution in [3.8, 4) is 16.9 Å². The van der Waals surface area contributed by atoms with E-state index in [9.17, 15) is 8.42 Å². The zero-order valence-corrected chi connectivity index (χ0v) is 19.0. The molecule has 8 nitrogen and oxygen atoms in total. The Morgan fingerprint density at radius 2 is 1.85 bits per heavy atom. The summed E-state index contributed by atoms with van der Waals surface area (Å²) in [6.45, 7) is 0. The third-order valence-corrected chi connectivity index (χ3v) is 7.55. The smallest absolute Gasteiger partial charge is 0.262 e. The number of anilines is 2. The molecule has 0 saturated heterocycles. The van der Waals surface area contributed by atoms with Gasteiger partial charge in [0.2, 0.25) is 0 Å². The molecule has 170 valence electrons. The van der Waals surface area contributed by atoms with Crippen molar-refractivity contribution < 1.29 is 13.2 Å². The standard InChI is InChI=1S/C24H25N5O3S/c1-32-21-13-16(11-12-20(21)28-33(30,31)18-9-3-2-4-10-18)19-14-29(17-7-5-6-8-17)24-22(19)23(25)26-15-27-24/h2-4,9-15,17,28H,5-8H2,1H3,(H2,25,26,27). The summed E-state index contributed by atoms with van der Waals surface area (Å²) in [7, 11) is -2.23. The molecule has 0 spiro atoms. The monoisotopic (exact) mass is 463 g/mol. The van der Waals surface area contributed by atoms with Crippen LogP contribution in [0.4, 0.5) is 11.5 Å². The van der Waals surface area contributed by atoms with Gasteiger partial charge in [-0.15, -0.1) is 0 Å². The van der Waals surface area contributed by atoms with Crippen LogP contribution in [0.25, 0.3) is 22.2 Å². The van der Waals surface area contributed by atoms with E-state index < -0.39 is 10.0 Å². The summed E-state index contributed by atoms with van der Waals surface area (Å²) in [4.78, 5) is 8.91. The molecule has 1 saturated carbocycles. The van der Waals surface area contributed by atoms with Crippen LogP contribution in [0, 0.1) is 0 Å². The number of nitrogens with zero attached hydrogens (tertiary/aromatic N) is 3. The van der Waals surface area contributed by atoms with Gasteiger partial charge in [-0.2, -0.15) is 0 Å². The fraction of sp³-hybridized carbons (Fsp3) is 0.250. The molecule has 2 heterocycles. The maximum absolute atomic E-state index is 12.8. The predicted octanol–water partition coefficient (Wildman–Crippen LogP) is 4.61. The Kier molecular flexibility index (Phi) is 5.41. The van der Waals surface area contributed by atoms with E-state index in [1.807, 2.05) is 12.1 Å². The minimum absolute atomic E-state index is 0.181. The lowest BCUT2D eigenvalue weighted by Gasteiger charge is -2.13. The number of aromatic nitrogens is 3. The van der Waals surface area contributed by atoms with Crippen LogP contribution in [0.5, 0.6) is 5.75 Å². The van der Waals surface area contributed by atoms with E-state index in [0.29, 0.717) is 23.3 Å². The normalized spacial score (nSPS) is 14.6. The molecule has 33 heavy (non-hydrogen) atoms. The fourth-order valence-electron chi connectivity index (χ4n) is 4.53. The Balaban J connectivity index is 1.57. The van der Waals surface area contributed by atoms with Crippen LogP contribution in [0.3, 0.4) is 0 Å². The highest BCUT2D eigenvalue weighted by Crippen LogP contribution is 2.40. The number of nitrogens with one attached hydrogen (secondary N) is 1. The number of methoxy groups -OCH3 is 1. The molecule has 9 heteroatoms. The predicted molar refractivity (Wildman–Crippen MR) is 129 cm³/mol. The third kappa shape index (κ3) is 3.89. The van der Waals surface area contributed by atoms with E-state index in [1.165, 1.54) is 26.3 Å². The quantitative estimate of drug-likeness (QED) is 0.432. The summed E-state index contributed by atoms with van der Waals surface area (Å²) < 4.78 is 36.0. The van der Waals surface area contributed by atoms with Crippen molar-refractivity contribution >= 4 is 32.6 Å². The fourth-order valence-corrected chi connectivity index (χ4v) is 5.63. The van der Waals surface area contributed by atoms with Crippen LogP contribution in [0.15, 0.2) is 66.0 Å². The molecule has 1 aliphatic rings. The number of benzene rings is 2. The van der Waals surface area contributed by atoms with E-state index >= 15 is 0 Å². The van der Waals surface area contributed by atoms with Gasteiger partial charge in [-0.3, -0.25) is 4.72 Å². The summed E-state index contributed by atoms with van der Waals surface area (Å²) in [5.41, 5.74) is 9.18. The van der Waals surface area contributed by atoms with Crippen molar-refractivity contribution in [3.63, 3.8) is 0 Å². The number of hydrogen-bond acceptors (Lipinski definition) is 6. The lowest BCUT2D eigenvalue weighted by atomic mass is 10.1. The first-order valence-corrected chi connectivity index (χ1v) is 12.3. The lowest BCUT2D eigenvalue weighted by Crippen LogP contribution is -2.13. The van der Waals surface area contributed by atoms with Crippen LogP contribution >= 0.6 is 0 Å². The van der Waals surface area contributed by atoms with Gasteiger partial charge in [-0.1, -0.05) is 37.1 Å². The molecule has 0 aliphatic heterocycles. The van der Waals surface area contributed by atoms with Crippen molar-refractivity contribution in [3.05, 3.63) is 61.1 Å². The second-order valence-corrected chi connectivity index (χ2v) is 9.86. The molecule has 2 aromatic heterocycles. The van der Waals surface area contributed by atoms with E-state index in [2.05, 4.69) is 25.5 Å². The van der Waals surface area contributed by atoms with Crippen molar-refractivity contribution in [2.24, 2.45) is 0 Å². The Hall–Kier alpha value is -3.59. The third-order valence-electron chi connectivity index (χ3n) is 6.17. The molecule has 0 atom stereocenters. The van der Waals surface area contributed by atoms with Gasteiger partial charge in [0, 0.05) is 17.8 Å². The Bertz CT molecular complexity index is 1410. The zero-order chi connectivity index (χ0) is 23.0. The van der Waals surface area contributed by atoms with Crippen LogP contribution in [-0.4, -0.2) is 30.1 Å². The van der Waals surface area contributed by atoms with Crippen molar-refractivity contribution in [1.82, 2.24) is 14.5 Å². The van der Waals surface area contributed by atoms with Gasteiger partial charge in [-0.05, 0) is 42.7 Å². The highest BCUT2D eigenvalue weighted by atomic mass is 32.2. The van der Waals surface area contributed by atoms with Crippen molar-refractivity contribution in [2.45, 2.75) is 36.6 Å². The number of sulfonamides is 1. The number of nitrogens with two attached hydrogens (primary N) is 1. The summed E-state index contributed by atoms with van der Waals surface area (Å²) in [5.74, 6) is 0.823. The van der Waals surface area contributed by atoms with E-state index in [1.54, 1.807) is 36.4 Å². The molecule has 5 rings (SSSR count). The average Bonchev–Trinajstić information content (AvgIpc) is 3.48. The van der Waals surface area contributed by atoms with Gasteiger partial charge in [0.1, 0.15) is 23.5 Å². The first-order chi connectivity index (χ1) is 16.0. The van der Waals surface area contributed by atoms with Crippen LogP contribution in [-0.2, 0) is 10.0 Å². The van der Waals surface area contributed by atoms with E-state index in [4.69, 9.17) is 10.5 Å². The molecular formula is C24H25N5O3S. The zero-order valence-electron chi connectivity index (χ0n) is 18.2. The number of nitrogen functional groups attached to an aromatic ring is 1. The largest absolute Gasteiger partial charge is 0.495 e. The van der Waals surface area contributed by atoms with Gasteiger partial charge < -0.3 is 15.0 Å². The average molecular weight is 464 g/mol. The minimum Gasteiger partial charge on any atom is -0.495 e. The highest BCUT2D eigenvalue weighted by Gasteiger charge is 2.24. The van der Waals surface area contributed by atoms with E-state index in [-0.39, 0.29) is 4.90 Å². The number of ether oxygens (including phenoxy) is 1. The van der Waals surface area contributed by atoms with Gasteiger partial charge in [0.05, 0.1) is 23.1 Å². The minimum atomic E-state index is -3.75. The SMILES string of the molecule is COc1cc(-c2cn(C3CCCC3)c3ncnc(N)c23)ccc1NS(=O)(=O)c1ccccc1. The molecular weight excluding hydrogens is 438 g/mol. The van der Waals surface area contributed by atoms with Crippen molar-refractivity contribution in [2.75, 3.05) is 17.6 Å². The first-order valence-electron chi connectivity index (χ1n) is 10.9. The summed E-state index contributed by atoms with van der Waals surface area (Å²) >= 11 is 0. The number of hydrogen-bond donors (Lipinski definition) is 2. The first kappa shape index (κ1) is 21.3. The van der Waals surface area contributed by atoms with Crippen LogP contribution in [0.1, 0.15) is 31.7 Å². The molecule has 0 radical (unpaired) electrons. The van der Waals surface area contributed by atoms with Crippen LogP contribution < -0.4 is 15.2 Å². The molecule has 3 N–H and O–H groups in total. The number of fused-ring (bicyclic) bond motifs is 1. The van der Waals surface area contributed by atoms with Gasteiger partial charge in [0.15, 0.2) is 0 Å². The summed E-state index contributed by atoms with van der Waals surface area (Å²) in [5, 5.41) is 0.795. The van der Waals surface area contributed by atoms with Gasteiger partial charge >= 0.3 is 0 Å². The maximum atomic E-state index is 12.8. The van der Waals surface area contributed by atoms with Gasteiger partial charge in [-0.25, -0.2) is 18.4 Å². The number of rotatable bonds is 6. The summed E-state index contributed by atoms with van der Waals surface area (Å²) in [6.07, 6.45) is 8.19. The summed E-state index contributed by atoms with van der Waals surface area (Å²) in [6, 6.07) is 14.0. The Morgan fingerprint density at radius 3 is 2.58 bits per heavy atom. The molecule has 4 aromatic rings. The van der Waals surface area contributed by atoms with Crippen molar-refractivity contribution in [1.29, 1.82) is 0 Å². The topological polar surface area (TPSA) is 112 Å². The molecule has 1 fully saturated rings. The van der Waals surface area contributed by atoms with E-state index in [0.717, 1.165) is 35.0 Å². The van der Waals surface area contributed by atoms with Crippen LogP contribution in [0.2, 0.25) is 0 Å². The second kappa shape index (κ2) is 8.40. The molecule has 0 bridgehead atoms. The van der Waals surface area contributed by atoms with Gasteiger partial charge in [0.25, 0.3) is 10.0 Å². The highest BCUT2D eigenvalue weighted by molar-refractivity contribution is 7.92. The Labute approximate surface area is 192 Å². The molecule has 0 amide bonds. The molecule has 0 unspecified atom stereocenters. The molecule has 1 aliphatic carbocycles.